The highest BCUT2D eigenvalue weighted by Crippen LogP contribution is 2.22. The Labute approximate surface area is 135 Å². The van der Waals surface area contributed by atoms with Crippen molar-refractivity contribution >= 4 is 21.9 Å². The van der Waals surface area contributed by atoms with Gasteiger partial charge < -0.3 is 14.5 Å². The molecule has 0 saturated heterocycles. The fourth-order valence-corrected chi connectivity index (χ4v) is 2.52. The third-order valence-corrected chi connectivity index (χ3v) is 3.69. The molecule has 0 aliphatic carbocycles. The van der Waals surface area contributed by atoms with Crippen LogP contribution in [0.5, 0.6) is 5.75 Å². The van der Waals surface area contributed by atoms with Crippen LogP contribution in [-0.4, -0.2) is 19.2 Å². The molecule has 2 aromatic carbocycles. The number of hydrogen-bond acceptors (Lipinski definition) is 4. The Kier molecular flexibility index (Phi) is 4.63. The summed E-state index contributed by atoms with van der Waals surface area (Å²) < 4.78 is 11.6. The summed E-state index contributed by atoms with van der Waals surface area (Å²) in [5.74, 6) is 0.723. The van der Waals surface area contributed by atoms with Gasteiger partial charge in [0.1, 0.15) is 16.9 Å². The van der Waals surface area contributed by atoms with Gasteiger partial charge in [0.05, 0.1) is 17.4 Å². The molecule has 23 heavy (non-hydrogen) atoms. The maximum Gasteiger partial charge on any atom is 0.200 e. The number of ether oxygens (including phenoxy) is 1. The fraction of sp³-hybridized carbons (Fsp3) is 0.316. The molecule has 0 unspecified atom stereocenters. The van der Waals surface area contributed by atoms with Crippen LogP contribution >= 0.6 is 0 Å². The molecule has 4 heteroatoms. The van der Waals surface area contributed by atoms with E-state index < -0.39 is 0 Å². The van der Waals surface area contributed by atoms with Crippen LogP contribution in [0.2, 0.25) is 0 Å². The van der Waals surface area contributed by atoms with E-state index in [9.17, 15) is 4.79 Å². The van der Waals surface area contributed by atoms with Gasteiger partial charge in [0.25, 0.3) is 0 Å². The molecule has 0 spiro atoms. The van der Waals surface area contributed by atoms with Gasteiger partial charge in [-0.25, -0.2) is 0 Å². The molecule has 0 fully saturated rings. The SMILES string of the molecule is CC(C)NCCCOc1ccc2c(=O)c3ccccc3oc2c1. The first-order chi connectivity index (χ1) is 11.1. The molecule has 0 bridgehead atoms. The molecule has 1 N–H and O–H groups in total. The second-order valence-electron chi connectivity index (χ2n) is 5.90. The predicted molar refractivity (Wildman–Crippen MR) is 93.2 cm³/mol. The molecule has 1 heterocycles. The van der Waals surface area contributed by atoms with Crippen molar-refractivity contribution in [2.75, 3.05) is 13.2 Å². The quantitative estimate of drug-likeness (QED) is 0.557. The van der Waals surface area contributed by atoms with Gasteiger partial charge in [-0.2, -0.15) is 0 Å². The summed E-state index contributed by atoms with van der Waals surface area (Å²) >= 11 is 0. The minimum Gasteiger partial charge on any atom is -0.493 e. The van der Waals surface area contributed by atoms with Gasteiger partial charge in [-0.1, -0.05) is 26.0 Å². The molecule has 3 rings (SSSR count). The molecule has 0 aliphatic rings. The first kappa shape index (κ1) is 15.6. The third-order valence-electron chi connectivity index (χ3n) is 3.69. The van der Waals surface area contributed by atoms with Crippen molar-refractivity contribution in [2.45, 2.75) is 26.3 Å². The number of nitrogens with one attached hydrogen (secondary N) is 1. The second-order valence-corrected chi connectivity index (χ2v) is 5.90. The summed E-state index contributed by atoms with van der Waals surface area (Å²) in [7, 11) is 0. The lowest BCUT2D eigenvalue weighted by Crippen LogP contribution is -2.24. The molecule has 3 aromatic rings. The van der Waals surface area contributed by atoms with Gasteiger partial charge in [0.2, 0.25) is 5.43 Å². The van der Waals surface area contributed by atoms with E-state index in [0.29, 0.717) is 34.6 Å². The summed E-state index contributed by atoms with van der Waals surface area (Å²) in [4.78, 5) is 12.5. The molecule has 1 aromatic heterocycles. The van der Waals surface area contributed by atoms with Crippen LogP contribution in [0.15, 0.2) is 51.7 Å². The molecule has 0 radical (unpaired) electrons. The van der Waals surface area contributed by atoms with Crippen LogP contribution in [0.3, 0.4) is 0 Å². The smallest absolute Gasteiger partial charge is 0.200 e. The van der Waals surface area contributed by atoms with Crippen LogP contribution in [-0.2, 0) is 0 Å². The third kappa shape index (κ3) is 3.54. The van der Waals surface area contributed by atoms with E-state index in [4.69, 9.17) is 9.15 Å². The Morgan fingerprint density at radius 1 is 1.09 bits per heavy atom. The van der Waals surface area contributed by atoms with E-state index in [-0.39, 0.29) is 5.43 Å². The van der Waals surface area contributed by atoms with Gasteiger partial charge in [0.15, 0.2) is 0 Å². The number of hydrogen-bond donors (Lipinski definition) is 1. The Morgan fingerprint density at radius 3 is 2.70 bits per heavy atom. The fourth-order valence-electron chi connectivity index (χ4n) is 2.52. The summed E-state index contributed by atoms with van der Waals surface area (Å²) in [6, 6.07) is 13.2. The molecular weight excluding hydrogens is 290 g/mol. The zero-order chi connectivity index (χ0) is 16.2. The van der Waals surface area contributed by atoms with Crippen molar-refractivity contribution < 1.29 is 9.15 Å². The summed E-state index contributed by atoms with van der Waals surface area (Å²) in [6.07, 6.45) is 0.928. The molecule has 0 aliphatic heterocycles. The average Bonchev–Trinajstić information content (AvgIpc) is 2.54. The highest BCUT2D eigenvalue weighted by Gasteiger charge is 2.08. The van der Waals surface area contributed by atoms with Crippen LogP contribution in [0.1, 0.15) is 20.3 Å². The Hall–Kier alpha value is -2.33. The van der Waals surface area contributed by atoms with Crippen molar-refractivity contribution in [3.63, 3.8) is 0 Å². The Balaban J connectivity index is 1.79. The number of fused-ring (bicyclic) bond motifs is 2. The minimum atomic E-state index is -0.00506. The van der Waals surface area contributed by atoms with Crippen molar-refractivity contribution in [3.05, 3.63) is 52.7 Å². The first-order valence-corrected chi connectivity index (χ1v) is 7.97. The predicted octanol–water partition coefficient (Wildman–Crippen LogP) is 3.71. The maximum atomic E-state index is 12.5. The Bertz CT molecular complexity index is 867. The van der Waals surface area contributed by atoms with Gasteiger partial charge in [-0.05, 0) is 37.2 Å². The number of benzene rings is 2. The summed E-state index contributed by atoms with van der Waals surface area (Å²) in [5.41, 5.74) is 1.16. The second kappa shape index (κ2) is 6.84. The molecule has 0 atom stereocenters. The average molecular weight is 311 g/mol. The van der Waals surface area contributed by atoms with Gasteiger partial charge in [-0.3, -0.25) is 4.79 Å². The molecule has 0 amide bonds. The van der Waals surface area contributed by atoms with E-state index in [1.807, 2.05) is 18.2 Å². The molecule has 120 valence electrons. The van der Waals surface area contributed by atoms with E-state index in [2.05, 4.69) is 19.2 Å². The molecule has 0 saturated carbocycles. The van der Waals surface area contributed by atoms with E-state index >= 15 is 0 Å². The number of para-hydroxylation sites is 1. The zero-order valence-corrected chi connectivity index (χ0v) is 13.5. The van der Waals surface area contributed by atoms with Gasteiger partial charge in [-0.15, -0.1) is 0 Å². The Morgan fingerprint density at radius 2 is 1.87 bits per heavy atom. The highest BCUT2D eigenvalue weighted by molar-refractivity contribution is 5.90. The van der Waals surface area contributed by atoms with Crippen LogP contribution < -0.4 is 15.5 Å². The van der Waals surface area contributed by atoms with E-state index in [1.165, 1.54) is 0 Å². The standard InChI is InChI=1S/C19H21NO3/c1-13(2)20-10-5-11-22-14-8-9-16-18(12-14)23-17-7-4-3-6-15(17)19(16)21/h3-4,6-9,12-13,20H,5,10-11H2,1-2H3. The van der Waals surface area contributed by atoms with Crippen LogP contribution in [0.25, 0.3) is 21.9 Å². The largest absolute Gasteiger partial charge is 0.493 e. The number of rotatable bonds is 6. The van der Waals surface area contributed by atoms with Gasteiger partial charge in [0, 0.05) is 12.1 Å². The normalized spacial score (nSPS) is 11.4. The lowest BCUT2D eigenvalue weighted by atomic mass is 10.1. The highest BCUT2D eigenvalue weighted by atomic mass is 16.5. The van der Waals surface area contributed by atoms with Crippen molar-refractivity contribution in [1.82, 2.24) is 5.32 Å². The maximum absolute atomic E-state index is 12.5. The van der Waals surface area contributed by atoms with E-state index in [1.54, 1.807) is 24.3 Å². The summed E-state index contributed by atoms with van der Waals surface area (Å²) in [6.45, 7) is 5.79. The molecular formula is C19H21NO3. The van der Waals surface area contributed by atoms with Crippen molar-refractivity contribution in [2.24, 2.45) is 0 Å². The lowest BCUT2D eigenvalue weighted by Gasteiger charge is -2.09. The van der Waals surface area contributed by atoms with Crippen LogP contribution in [0, 0.1) is 0 Å². The lowest BCUT2D eigenvalue weighted by molar-refractivity contribution is 0.306. The first-order valence-electron chi connectivity index (χ1n) is 7.97. The summed E-state index contributed by atoms with van der Waals surface area (Å²) in [5, 5.41) is 4.54. The monoisotopic (exact) mass is 311 g/mol. The molecule has 4 nitrogen and oxygen atoms in total. The topological polar surface area (TPSA) is 51.5 Å². The van der Waals surface area contributed by atoms with Crippen molar-refractivity contribution in [3.8, 4) is 5.75 Å². The van der Waals surface area contributed by atoms with Crippen LogP contribution in [0.4, 0.5) is 0 Å². The van der Waals surface area contributed by atoms with E-state index in [0.717, 1.165) is 18.7 Å². The van der Waals surface area contributed by atoms with Crippen molar-refractivity contribution in [1.29, 1.82) is 0 Å². The zero-order valence-electron chi connectivity index (χ0n) is 13.5. The van der Waals surface area contributed by atoms with Gasteiger partial charge >= 0.3 is 0 Å². The minimum absolute atomic E-state index is 0.00506.